The number of halogens is 4. The summed E-state index contributed by atoms with van der Waals surface area (Å²) in [6.45, 7) is -2.05. The van der Waals surface area contributed by atoms with Gasteiger partial charge in [0.1, 0.15) is 0 Å². The third-order valence-electron chi connectivity index (χ3n) is 2.38. The van der Waals surface area contributed by atoms with Crippen molar-refractivity contribution in [2.45, 2.75) is 19.3 Å². The van der Waals surface area contributed by atoms with Crippen LogP contribution in [-0.2, 0) is 19.3 Å². The zero-order valence-corrected chi connectivity index (χ0v) is 10.4. The van der Waals surface area contributed by atoms with Crippen LogP contribution in [0.4, 0.5) is 18.9 Å². The normalized spacial score (nSPS) is 11.4. The van der Waals surface area contributed by atoms with Crippen molar-refractivity contribution in [3.05, 3.63) is 48.0 Å². The molecule has 1 aromatic carbocycles. The fourth-order valence-electron chi connectivity index (χ4n) is 1.55. The first kappa shape index (κ1) is 16.0. The summed E-state index contributed by atoms with van der Waals surface area (Å²) in [7, 11) is 0. The number of rotatable bonds is 4. The fourth-order valence-corrected chi connectivity index (χ4v) is 1.87. The third kappa shape index (κ3) is 3.47. The summed E-state index contributed by atoms with van der Waals surface area (Å²) < 4.78 is 38.3. The number of hydrogen-bond donors (Lipinski definition) is 1. The first-order chi connectivity index (χ1) is 9.04. The summed E-state index contributed by atoms with van der Waals surface area (Å²) in [6.07, 6.45) is -4.90. The van der Waals surface area contributed by atoms with Crippen LogP contribution in [0.2, 0.25) is 5.02 Å². The Bertz CT molecular complexity index is 577. The summed E-state index contributed by atoms with van der Waals surface area (Å²) in [5, 5.41) is 19.9. The van der Waals surface area contributed by atoms with Crippen LogP contribution >= 0.6 is 11.6 Å². The maximum Gasteiger partial charge on any atom is 0.417 e. The molecule has 11 heteroatoms. The van der Waals surface area contributed by atoms with Crippen LogP contribution in [-0.4, -0.2) is 9.85 Å². The largest absolute Gasteiger partial charge is 0.417 e. The highest BCUT2D eigenvalue weighted by atomic mass is 35.5. The third-order valence-corrected chi connectivity index (χ3v) is 2.81. The molecule has 0 aromatic heterocycles. The van der Waals surface area contributed by atoms with Crippen molar-refractivity contribution in [1.82, 2.24) is 0 Å². The first-order valence-corrected chi connectivity index (χ1v) is 5.32. The molecule has 1 aromatic rings. The van der Waals surface area contributed by atoms with Crippen molar-refractivity contribution in [2.24, 2.45) is 0 Å². The molecule has 2 N–H and O–H groups in total. The molecule has 0 spiro atoms. The van der Waals surface area contributed by atoms with Crippen LogP contribution in [0.25, 0.3) is 0 Å². The Morgan fingerprint density at radius 1 is 1.20 bits per heavy atom. The average Bonchev–Trinajstić information content (AvgIpc) is 2.25. The standard InChI is InChI=1S/C9H7ClF3N3O4/c10-7-5(3-16(19)20)8(14)4(2-15(17)18)1-6(7)9(11,12)13/h1H,2-3,14H2. The molecular formula is C9H7ClF3N3O4. The lowest BCUT2D eigenvalue weighted by Crippen LogP contribution is -2.14. The van der Waals surface area contributed by atoms with Gasteiger partial charge in [0.05, 0.1) is 21.8 Å². The lowest BCUT2D eigenvalue weighted by Gasteiger charge is -2.15. The van der Waals surface area contributed by atoms with Crippen molar-refractivity contribution >= 4 is 17.3 Å². The topological polar surface area (TPSA) is 112 Å². The zero-order chi connectivity index (χ0) is 15.7. The molecule has 0 aliphatic heterocycles. The molecule has 0 aliphatic carbocycles. The molecule has 0 amide bonds. The smallest absolute Gasteiger partial charge is 0.398 e. The van der Waals surface area contributed by atoms with E-state index < -0.39 is 56.5 Å². The van der Waals surface area contributed by atoms with Crippen LogP contribution in [0.5, 0.6) is 0 Å². The Hall–Kier alpha value is -2.10. The predicted molar refractivity (Wildman–Crippen MR) is 62.3 cm³/mol. The molecule has 0 atom stereocenters. The van der Waals surface area contributed by atoms with E-state index in [1.54, 1.807) is 0 Å². The second-order valence-corrected chi connectivity index (χ2v) is 4.15. The SMILES string of the molecule is Nc1c(C[N+](=O)[O-])cc(C(F)(F)F)c(Cl)c1C[N+](=O)[O-]. The summed E-state index contributed by atoms with van der Waals surface area (Å²) >= 11 is 5.48. The minimum absolute atomic E-state index is 0.434. The minimum Gasteiger partial charge on any atom is -0.398 e. The van der Waals surface area contributed by atoms with E-state index in [0.29, 0.717) is 6.07 Å². The van der Waals surface area contributed by atoms with E-state index in [9.17, 15) is 33.4 Å². The molecule has 1 rings (SSSR count). The number of benzene rings is 1. The molecule has 7 nitrogen and oxygen atoms in total. The Labute approximate surface area is 114 Å². The Kier molecular flexibility index (Phi) is 4.38. The number of nitrogens with two attached hydrogens (primary N) is 1. The molecule has 0 radical (unpaired) electrons. The Morgan fingerprint density at radius 3 is 2.10 bits per heavy atom. The number of nitro groups is 2. The van der Waals surface area contributed by atoms with Crippen molar-refractivity contribution in [3.63, 3.8) is 0 Å². The maximum absolute atomic E-state index is 12.8. The quantitative estimate of drug-likeness (QED) is 0.521. The Balaban J connectivity index is 3.55. The fraction of sp³-hybridized carbons (Fsp3) is 0.333. The highest BCUT2D eigenvalue weighted by Crippen LogP contribution is 2.40. The van der Waals surface area contributed by atoms with Crippen LogP contribution < -0.4 is 5.73 Å². The van der Waals surface area contributed by atoms with Gasteiger partial charge in [0.25, 0.3) is 0 Å². The van der Waals surface area contributed by atoms with Crippen molar-refractivity contribution in [2.75, 3.05) is 5.73 Å². The van der Waals surface area contributed by atoms with Crippen molar-refractivity contribution in [3.8, 4) is 0 Å². The van der Waals surface area contributed by atoms with Gasteiger partial charge in [0.15, 0.2) is 0 Å². The van der Waals surface area contributed by atoms with Gasteiger partial charge in [-0.05, 0) is 6.07 Å². The molecule has 0 saturated carbocycles. The van der Waals surface area contributed by atoms with Crippen molar-refractivity contribution < 1.29 is 23.0 Å². The molecule has 0 heterocycles. The summed E-state index contributed by atoms with van der Waals surface area (Å²) in [4.78, 5) is 19.0. The van der Waals surface area contributed by atoms with Crippen LogP contribution in [0.15, 0.2) is 6.07 Å². The molecular weight excluding hydrogens is 307 g/mol. The van der Waals surface area contributed by atoms with Gasteiger partial charge < -0.3 is 5.73 Å². The zero-order valence-electron chi connectivity index (χ0n) is 9.61. The van der Waals surface area contributed by atoms with E-state index in [4.69, 9.17) is 17.3 Å². The van der Waals surface area contributed by atoms with Crippen LogP contribution in [0.3, 0.4) is 0 Å². The molecule has 20 heavy (non-hydrogen) atoms. The highest BCUT2D eigenvalue weighted by molar-refractivity contribution is 6.32. The number of nitrogen functional groups attached to an aromatic ring is 1. The summed E-state index contributed by atoms with van der Waals surface area (Å²) in [5.74, 6) is 0. The van der Waals surface area contributed by atoms with Gasteiger partial charge in [-0.1, -0.05) is 11.6 Å². The van der Waals surface area contributed by atoms with Gasteiger partial charge in [-0.15, -0.1) is 0 Å². The van der Waals surface area contributed by atoms with Gasteiger partial charge in [-0.3, -0.25) is 20.2 Å². The maximum atomic E-state index is 12.8. The minimum atomic E-state index is -4.90. The van der Waals surface area contributed by atoms with Gasteiger partial charge in [-0.25, -0.2) is 0 Å². The van der Waals surface area contributed by atoms with E-state index in [1.807, 2.05) is 0 Å². The molecule has 0 bridgehead atoms. The lowest BCUT2D eigenvalue weighted by molar-refractivity contribution is -0.498. The summed E-state index contributed by atoms with van der Waals surface area (Å²) in [6, 6.07) is 0.434. The lowest BCUT2D eigenvalue weighted by atomic mass is 10.0. The molecule has 110 valence electrons. The van der Waals surface area contributed by atoms with Gasteiger partial charge in [-0.2, -0.15) is 13.2 Å². The number of nitrogens with zero attached hydrogens (tertiary/aromatic N) is 2. The molecule has 0 aliphatic rings. The van der Waals surface area contributed by atoms with Crippen molar-refractivity contribution in [1.29, 1.82) is 0 Å². The second kappa shape index (κ2) is 5.49. The van der Waals surface area contributed by atoms with Gasteiger partial charge in [0, 0.05) is 15.4 Å². The molecule has 0 fully saturated rings. The van der Waals surface area contributed by atoms with E-state index in [1.165, 1.54) is 0 Å². The number of hydrogen-bond acceptors (Lipinski definition) is 5. The van der Waals surface area contributed by atoms with Crippen LogP contribution in [0, 0.1) is 20.2 Å². The predicted octanol–water partition coefficient (Wildman–Crippen LogP) is 2.49. The van der Waals surface area contributed by atoms with Gasteiger partial charge >= 0.3 is 6.18 Å². The monoisotopic (exact) mass is 313 g/mol. The highest BCUT2D eigenvalue weighted by Gasteiger charge is 2.36. The van der Waals surface area contributed by atoms with Crippen LogP contribution in [0.1, 0.15) is 16.7 Å². The second-order valence-electron chi connectivity index (χ2n) is 3.77. The van der Waals surface area contributed by atoms with E-state index in [2.05, 4.69) is 0 Å². The number of anilines is 1. The van der Waals surface area contributed by atoms with Gasteiger partial charge in [0.2, 0.25) is 13.1 Å². The van der Waals surface area contributed by atoms with E-state index >= 15 is 0 Å². The van der Waals surface area contributed by atoms with E-state index in [-0.39, 0.29) is 0 Å². The summed E-state index contributed by atoms with van der Waals surface area (Å²) in [5.41, 5.74) is 2.52. The molecule has 0 saturated heterocycles. The Morgan fingerprint density at radius 2 is 1.70 bits per heavy atom. The number of alkyl halides is 3. The average molecular weight is 314 g/mol. The molecule has 0 unspecified atom stereocenters. The van der Waals surface area contributed by atoms with E-state index in [0.717, 1.165) is 0 Å². The first-order valence-electron chi connectivity index (χ1n) is 4.94.